The number of anilines is 2. The van der Waals surface area contributed by atoms with Crippen molar-refractivity contribution in [1.82, 2.24) is 14.7 Å². The van der Waals surface area contributed by atoms with Gasteiger partial charge in [0, 0.05) is 26.2 Å². The Morgan fingerprint density at radius 2 is 1.94 bits per heavy atom. The first-order chi connectivity index (χ1) is 8.37. The van der Waals surface area contributed by atoms with Crippen molar-refractivity contribution in [3.63, 3.8) is 0 Å². The first-order valence-electron chi connectivity index (χ1n) is 6.55. The van der Waals surface area contributed by atoms with Crippen molar-refractivity contribution in [2.75, 3.05) is 38.3 Å². The van der Waals surface area contributed by atoms with E-state index in [1.54, 1.807) is 0 Å². The highest BCUT2D eigenvalue weighted by Crippen LogP contribution is 2.38. The van der Waals surface area contributed by atoms with Crippen molar-refractivity contribution < 1.29 is 0 Å². The fraction of sp³-hybridized carbons (Fsp3) is 0.769. The summed E-state index contributed by atoms with van der Waals surface area (Å²) in [5.74, 6) is 1.03. The predicted octanol–water partition coefficient (Wildman–Crippen LogP) is 1.23. The van der Waals surface area contributed by atoms with Crippen LogP contribution in [0.1, 0.15) is 25.0 Å². The Kier molecular flexibility index (Phi) is 3.27. The summed E-state index contributed by atoms with van der Waals surface area (Å²) in [6.07, 6.45) is 3.86. The average molecular weight is 251 g/mol. The minimum Gasteiger partial charge on any atom is -0.394 e. The molecule has 1 fully saturated rings. The minimum absolute atomic E-state index is 0.305. The minimum atomic E-state index is 0.305. The maximum atomic E-state index is 6.12. The van der Waals surface area contributed by atoms with Gasteiger partial charge in [0.2, 0.25) is 0 Å². The van der Waals surface area contributed by atoms with Crippen molar-refractivity contribution >= 4 is 11.5 Å². The molecule has 1 aliphatic carbocycles. The number of nitrogens with two attached hydrogens (primary N) is 1. The predicted molar refractivity (Wildman–Crippen MR) is 75.9 cm³/mol. The van der Waals surface area contributed by atoms with Gasteiger partial charge >= 0.3 is 0 Å². The molecule has 0 aromatic carbocycles. The third-order valence-electron chi connectivity index (χ3n) is 4.36. The smallest absolute Gasteiger partial charge is 0.150 e. The quantitative estimate of drug-likeness (QED) is 0.874. The fourth-order valence-corrected chi connectivity index (χ4v) is 2.96. The number of likely N-dealkylation sites (N-methyl/N-ethyl adjacent to an activating group) is 2. The highest BCUT2D eigenvalue weighted by molar-refractivity contribution is 5.66. The lowest BCUT2D eigenvalue weighted by molar-refractivity contribution is 0.0681. The summed E-state index contributed by atoms with van der Waals surface area (Å²) in [6.45, 7) is 2.96. The number of aryl methyl sites for hydroxylation is 2. The Morgan fingerprint density at radius 1 is 1.33 bits per heavy atom. The van der Waals surface area contributed by atoms with E-state index in [4.69, 9.17) is 5.73 Å². The van der Waals surface area contributed by atoms with Crippen molar-refractivity contribution in [1.29, 1.82) is 0 Å². The van der Waals surface area contributed by atoms with Crippen LogP contribution in [0.2, 0.25) is 0 Å². The van der Waals surface area contributed by atoms with Gasteiger partial charge in [-0.15, -0.1) is 0 Å². The van der Waals surface area contributed by atoms with E-state index in [9.17, 15) is 0 Å². The molecule has 2 N–H and O–H groups in total. The summed E-state index contributed by atoms with van der Waals surface area (Å²) in [7, 11) is 8.41. The van der Waals surface area contributed by atoms with Gasteiger partial charge in [-0.25, -0.2) is 0 Å². The molecular formula is C13H25N5. The van der Waals surface area contributed by atoms with E-state index in [0.29, 0.717) is 5.54 Å². The van der Waals surface area contributed by atoms with Crippen LogP contribution in [0, 0.1) is 6.92 Å². The van der Waals surface area contributed by atoms with Crippen LogP contribution in [0.4, 0.5) is 11.5 Å². The van der Waals surface area contributed by atoms with E-state index < -0.39 is 0 Å². The molecule has 1 aromatic heterocycles. The molecule has 0 bridgehead atoms. The van der Waals surface area contributed by atoms with Crippen LogP contribution >= 0.6 is 0 Å². The van der Waals surface area contributed by atoms with Crippen molar-refractivity contribution in [2.45, 2.75) is 31.7 Å². The van der Waals surface area contributed by atoms with E-state index in [1.165, 1.54) is 19.3 Å². The van der Waals surface area contributed by atoms with Gasteiger partial charge in [0.05, 0.1) is 11.4 Å². The van der Waals surface area contributed by atoms with Gasteiger partial charge in [-0.05, 0) is 40.3 Å². The normalized spacial score (nSPS) is 17.9. The number of hydrogen-bond donors (Lipinski definition) is 1. The number of hydrogen-bond acceptors (Lipinski definition) is 4. The van der Waals surface area contributed by atoms with E-state index >= 15 is 0 Å². The molecular weight excluding hydrogens is 226 g/mol. The molecule has 5 heteroatoms. The number of aromatic nitrogens is 2. The molecule has 0 aliphatic heterocycles. The van der Waals surface area contributed by atoms with Crippen LogP contribution in [0.5, 0.6) is 0 Å². The third kappa shape index (κ3) is 1.96. The zero-order valence-corrected chi connectivity index (χ0v) is 12.2. The molecule has 1 heterocycles. The SMILES string of the molecule is Cc1nn(C)c(N(C)CC2(N(C)C)CCC2)c1N. The first kappa shape index (κ1) is 13.2. The standard InChI is InChI=1S/C13H25N5/c1-10-11(14)12(18(5)15-10)17(4)9-13(16(2)3)7-6-8-13/h6-9,14H2,1-5H3. The van der Waals surface area contributed by atoms with E-state index in [1.807, 2.05) is 18.7 Å². The molecule has 0 radical (unpaired) electrons. The van der Waals surface area contributed by atoms with Crippen molar-refractivity contribution in [3.8, 4) is 0 Å². The van der Waals surface area contributed by atoms with Crippen LogP contribution in [0.15, 0.2) is 0 Å². The number of nitrogen functional groups attached to an aromatic ring is 1. The molecule has 2 rings (SSSR count). The van der Waals surface area contributed by atoms with Crippen molar-refractivity contribution in [2.24, 2.45) is 7.05 Å². The topological polar surface area (TPSA) is 50.3 Å². The second-order valence-electron chi connectivity index (χ2n) is 5.77. The molecule has 1 aromatic rings. The molecule has 0 atom stereocenters. The van der Waals surface area contributed by atoms with E-state index in [2.05, 4.69) is 36.0 Å². The Bertz CT molecular complexity index is 431. The lowest BCUT2D eigenvalue weighted by Crippen LogP contribution is -2.57. The molecule has 0 amide bonds. The van der Waals surface area contributed by atoms with Gasteiger partial charge in [-0.1, -0.05) is 0 Å². The first-order valence-corrected chi connectivity index (χ1v) is 6.55. The lowest BCUT2D eigenvalue weighted by atomic mass is 9.75. The molecule has 18 heavy (non-hydrogen) atoms. The third-order valence-corrected chi connectivity index (χ3v) is 4.36. The molecule has 0 saturated heterocycles. The van der Waals surface area contributed by atoms with Crippen LogP contribution in [-0.4, -0.2) is 47.9 Å². The van der Waals surface area contributed by atoms with Crippen LogP contribution in [0.3, 0.4) is 0 Å². The molecule has 1 saturated carbocycles. The van der Waals surface area contributed by atoms with Crippen LogP contribution in [0.25, 0.3) is 0 Å². The van der Waals surface area contributed by atoms with Crippen molar-refractivity contribution in [3.05, 3.63) is 5.69 Å². The summed E-state index contributed by atoms with van der Waals surface area (Å²) in [5, 5.41) is 4.39. The Labute approximate surface area is 110 Å². The molecule has 1 aliphatic rings. The zero-order valence-electron chi connectivity index (χ0n) is 12.2. The Hall–Kier alpha value is -1.23. The monoisotopic (exact) mass is 251 g/mol. The van der Waals surface area contributed by atoms with E-state index in [-0.39, 0.29) is 0 Å². The lowest BCUT2D eigenvalue weighted by Gasteiger charge is -2.49. The highest BCUT2D eigenvalue weighted by Gasteiger charge is 2.40. The van der Waals surface area contributed by atoms with Gasteiger partial charge in [-0.2, -0.15) is 5.10 Å². The highest BCUT2D eigenvalue weighted by atomic mass is 15.4. The van der Waals surface area contributed by atoms with Gasteiger partial charge in [0.25, 0.3) is 0 Å². The largest absolute Gasteiger partial charge is 0.394 e. The second-order valence-corrected chi connectivity index (χ2v) is 5.77. The Morgan fingerprint density at radius 3 is 2.28 bits per heavy atom. The van der Waals surface area contributed by atoms with Gasteiger partial charge in [-0.3, -0.25) is 4.68 Å². The molecule has 0 spiro atoms. The molecule has 102 valence electrons. The average Bonchev–Trinajstić information content (AvgIpc) is 2.46. The van der Waals surface area contributed by atoms with Gasteiger partial charge < -0.3 is 15.5 Å². The maximum Gasteiger partial charge on any atom is 0.150 e. The van der Waals surface area contributed by atoms with E-state index in [0.717, 1.165) is 23.7 Å². The number of rotatable bonds is 4. The summed E-state index contributed by atoms with van der Waals surface area (Å²) < 4.78 is 1.88. The van der Waals surface area contributed by atoms with Gasteiger partial charge in [0.1, 0.15) is 5.82 Å². The summed E-state index contributed by atoms with van der Waals surface area (Å²) in [4.78, 5) is 4.60. The van der Waals surface area contributed by atoms with Gasteiger partial charge in [0.15, 0.2) is 0 Å². The molecule has 0 unspecified atom stereocenters. The summed E-state index contributed by atoms with van der Waals surface area (Å²) in [5.41, 5.74) is 8.13. The Balaban J connectivity index is 2.19. The van der Waals surface area contributed by atoms with Crippen LogP contribution < -0.4 is 10.6 Å². The van der Waals surface area contributed by atoms with Crippen LogP contribution in [-0.2, 0) is 7.05 Å². The fourth-order valence-electron chi connectivity index (χ4n) is 2.96. The summed E-state index contributed by atoms with van der Waals surface area (Å²) in [6, 6.07) is 0. The number of nitrogens with zero attached hydrogens (tertiary/aromatic N) is 4. The molecule has 5 nitrogen and oxygen atoms in total. The second kappa shape index (κ2) is 4.46. The summed E-state index contributed by atoms with van der Waals surface area (Å²) >= 11 is 0. The maximum absolute atomic E-state index is 6.12. The zero-order chi connectivity index (χ0) is 13.5.